The van der Waals surface area contributed by atoms with Crippen molar-refractivity contribution in [1.29, 1.82) is 0 Å². The molecule has 3 aliphatic rings. The van der Waals surface area contributed by atoms with Crippen molar-refractivity contribution in [2.45, 2.75) is 104 Å². The van der Waals surface area contributed by atoms with E-state index in [0.29, 0.717) is 0 Å². The quantitative estimate of drug-likeness (QED) is 0.419. The standard InChI is InChI=1S/C26H44/c1-3-4-5-6-22-9-11-23(12-10-22)13-14-24-15-19-26(20-16-24)25-17-7-21(2)8-18-25/h3-4,13-14,21-26H,5-12,15-20H2,1-2H3/b4-3+,14-13?. The fraction of sp³-hybridized carbons (Fsp3) is 0.846. The first kappa shape index (κ1) is 20.2. The molecule has 0 bridgehead atoms. The minimum Gasteiger partial charge on any atom is -0.0917 e. The fourth-order valence-electron chi connectivity index (χ4n) is 6.05. The maximum Gasteiger partial charge on any atom is -0.0233 e. The molecule has 0 aromatic heterocycles. The molecule has 0 aromatic rings. The van der Waals surface area contributed by atoms with Gasteiger partial charge in [-0.1, -0.05) is 44.1 Å². The topological polar surface area (TPSA) is 0 Å². The lowest BCUT2D eigenvalue weighted by Crippen LogP contribution is -2.24. The normalized spacial score (nSPS) is 39.6. The van der Waals surface area contributed by atoms with Gasteiger partial charge in [0, 0.05) is 0 Å². The zero-order valence-corrected chi connectivity index (χ0v) is 17.7. The van der Waals surface area contributed by atoms with Crippen molar-refractivity contribution < 1.29 is 0 Å². The van der Waals surface area contributed by atoms with Crippen molar-refractivity contribution in [3.8, 4) is 0 Å². The van der Waals surface area contributed by atoms with Gasteiger partial charge in [-0.3, -0.25) is 0 Å². The molecule has 148 valence electrons. The van der Waals surface area contributed by atoms with Crippen LogP contribution in [0.2, 0.25) is 0 Å². The second-order valence-corrected chi connectivity index (χ2v) is 10.0. The zero-order chi connectivity index (χ0) is 18.2. The Kier molecular flexibility index (Phi) is 8.34. The lowest BCUT2D eigenvalue weighted by molar-refractivity contribution is 0.160. The van der Waals surface area contributed by atoms with E-state index in [2.05, 4.69) is 38.2 Å². The largest absolute Gasteiger partial charge is 0.0917 e. The van der Waals surface area contributed by atoms with Gasteiger partial charge in [-0.15, -0.1) is 0 Å². The van der Waals surface area contributed by atoms with Gasteiger partial charge in [-0.25, -0.2) is 0 Å². The van der Waals surface area contributed by atoms with Gasteiger partial charge in [-0.2, -0.15) is 0 Å². The Bertz CT molecular complexity index is 421. The van der Waals surface area contributed by atoms with Crippen LogP contribution in [0.5, 0.6) is 0 Å². The lowest BCUT2D eigenvalue weighted by atomic mass is 9.69. The Morgan fingerprint density at radius 2 is 1.15 bits per heavy atom. The van der Waals surface area contributed by atoms with Crippen LogP contribution in [-0.2, 0) is 0 Å². The molecule has 3 aliphatic carbocycles. The molecule has 26 heavy (non-hydrogen) atoms. The Morgan fingerprint density at radius 3 is 1.69 bits per heavy atom. The van der Waals surface area contributed by atoms with E-state index >= 15 is 0 Å². The Balaban J connectivity index is 1.32. The molecule has 3 saturated carbocycles. The maximum atomic E-state index is 2.64. The number of rotatable bonds is 6. The highest BCUT2D eigenvalue weighted by atomic mass is 14.3. The third-order valence-corrected chi connectivity index (χ3v) is 8.07. The highest BCUT2D eigenvalue weighted by Crippen LogP contribution is 2.42. The molecule has 0 atom stereocenters. The molecular formula is C26H44. The van der Waals surface area contributed by atoms with Crippen molar-refractivity contribution in [3.63, 3.8) is 0 Å². The second kappa shape index (κ2) is 10.7. The van der Waals surface area contributed by atoms with Gasteiger partial charge in [0.25, 0.3) is 0 Å². The summed E-state index contributed by atoms with van der Waals surface area (Å²) in [5.41, 5.74) is 0. The van der Waals surface area contributed by atoms with E-state index in [1.807, 2.05) is 0 Å². The van der Waals surface area contributed by atoms with Crippen LogP contribution >= 0.6 is 0 Å². The number of hydrogen-bond acceptors (Lipinski definition) is 0. The number of hydrogen-bond donors (Lipinski definition) is 0. The molecular weight excluding hydrogens is 312 g/mol. The molecule has 0 radical (unpaired) electrons. The third kappa shape index (κ3) is 6.28. The first-order valence-electron chi connectivity index (χ1n) is 12.0. The molecule has 0 saturated heterocycles. The second-order valence-electron chi connectivity index (χ2n) is 10.0. The summed E-state index contributed by atoms with van der Waals surface area (Å²) in [6, 6.07) is 0. The summed E-state index contributed by atoms with van der Waals surface area (Å²) >= 11 is 0. The van der Waals surface area contributed by atoms with Crippen LogP contribution in [0.1, 0.15) is 104 Å². The average molecular weight is 357 g/mol. The van der Waals surface area contributed by atoms with Crippen molar-refractivity contribution in [1.82, 2.24) is 0 Å². The average Bonchev–Trinajstić information content (AvgIpc) is 2.69. The monoisotopic (exact) mass is 356 g/mol. The van der Waals surface area contributed by atoms with E-state index in [9.17, 15) is 0 Å². The van der Waals surface area contributed by atoms with Crippen molar-refractivity contribution in [3.05, 3.63) is 24.3 Å². The highest BCUT2D eigenvalue weighted by Gasteiger charge is 2.29. The van der Waals surface area contributed by atoms with Crippen LogP contribution < -0.4 is 0 Å². The smallest absolute Gasteiger partial charge is 0.0233 e. The molecule has 0 heterocycles. The van der Waals surface area contributed by atoms with Crippen LogP contribution in [0.15, 0.2) is 24.3 Å². The van der Waals surface area contributed by atoms with Crippen molar-refractivity contribution in [2.75, 3.05) is 0 Å². The molecule has 0 spiro atoms. The van der Waals surface area contributed by atoms with Crippen LogP contribution in [0.25, 0.3) is 0 Å². The van der Waals surface area contributed by atoms with Gasteiger partial charge in [0.05, 0.1) is 0 Å². The van der Waals surface area contributed by atoms with Gasteiger partial charge in [0.15, 0.2) is 0 Å². The SMILES string of the molecule is C/C=C/CCC1CCC(C=CC2CCC(C3CCC(C)CC3)CC2)CC1. The third-order valence-electron chi connectivity index (χ3n) is 8.07. The summed E-state index contributed by atoms with van der Waals surface area (Å²) in [5.74, 6) is 5.95. The van der Waals surface area contributed by atoms with Crippen LogP contribution in [-0.4, -0.2) is 0 Å². The fourth-order valence-corrected chi connectivity index (χ4v) is 6.05. The summed E-state index contributed by atoms with van der Waals surface area (Å²) in [4.78, 5) is 0. The predicted molar refractivity (Wildman–Crippen MR) is 115 cm³/mol. The highest BCUT2D eigenvalue weighted by molar-refractivity contribution is 4.97. The number of allylic oxidation sites excluding steroid dienone is 4. The summed E-state index contributed by atoms with van der Waals surface area (Å²) in [5, 5.41) is 0. The molecule has 0 unspecified atom stereocenters. The Labute approximate surface area is 163 Å². The minimum absolute atomic E-state index is 0.894. The Morgan fingerprint density at radius 1 is 0.654 bits per heavy atom. The predicted octanol–water partition coefficient (Wildman–Crippen LogP) is 8.34. The van der Waals surface area contributed by atoms with E-state index in [1.165, 1.54) is 89.9 Å². The van der Waals surface area contributed by atoms with E-state index in [1.54, 1.807) is 0 Å². The van der Waals surface area contributed by atoms with Gasteiger partial charge < -0.3 is 0 Å². The molecule has 0 aliphatic heterocycles. The van der Waals surface area contributed by atoms with E-state index in [-0.39, 0.29) is 0 Å². The van der Waals surface area contributed by atoms with Gasteiger partial charge in [0.1, 0.15) is 0 Å². The van der Waals surface area contributed by atoms with Gasteiger partial charge >= 0.3 is 0 Å². The molecule has 0 amide bonds. The van der Waals surface area contributed by atoms with E-state index in [4.69, 9.17) is 0 Å². The molecule has 0 aromatic carbocycles. The van der Waals surface area contributed by atoms with E-state index in [0.717, 1.165) is 35.5 Å². The van der Waals surface area contributed by atoms with Crippen molar-refractivity contribution in [2.24, 2.45) is 35.5 Å². The van der Waals surface area contributed by atoms with Crippen molar-refractivity contribution >= 4 is 0 Å². The van der Waals surface area contributed by atoms with Gasteiger partial charge in [0.2, 0.25) is 0 Å². The summed E-state index contributed by atoms with van der Waals surface area (Å²) in [6.45, 7) is 4.60. The molecule has 0 nitrogen and oxygen atoms in total. The zero-order valence-electron chi connectivity index (χ0n) is 17.7. The summed E-state index contributed by atoms with van der Waals surface area (Å²) < 4.78 is 0. The van der Waals surface area contributed by atoms with E-state index < -0.39 is 0 Å². The molecule has 3 rings (SSSR count). The molecule has 0 N–H and O–H groups in total. The molecule has 0 heteroatoms. The van der Waals surface area contributed by atoms with Crippen LogP contribution in [0.3, 0.4) is 0 Å². The van der Waals surface area contributed by atoms with Gasteiger partial charge in [-0.05, 0) is 119 Å². The first-order chi connectivity index (χ1) is 12.7. The Hall–Kier alpha value is -0.520. The summed E-state index contributed by atoms with van der Waals surface area (Å²) in [7, 11) is 0. The molecule has 3 fully saturated rings. The maximum absolute atomic E-state index is 2.64. The first-order valence-corrected chi connectivity index (χ1v) is 12.0. The lowest BCUT2D eigenvalue weighted by Gasteiger charge is -2.36. The van der Waals surface area contributed by atoms with Crippen LogP contribution in [0.4, 0.5) is 0 Å². The summed E-state index contributed by atoms with van der Waals surface area (Å²) in [6.07, 6.45) is 30.5. The minimum atomic E-state index is 0.894. The van der Waals surface area contributed by atoms with Crippen LogP contribution in [0, 0.1) is 35.5 Å².